The molecule has 3 aromatic rings. The number of fused-ring (bicyclic) bond motifs is 3. The van der Waals surface area contributed by atoms with Gasteiger partial charge in [-0.1, -0.05) is 48.6 Å². The van der Waals surface area contributed by atoms with Crippen LogP contribution in [0.1, 0.15) is 57.4 Å². The van der Waals surface area contributed by atoms with Crippen molar-refractivity contribution in [3.05, 3.63) is 54.1 Å². The fraction of sp³-hybridized carbons (Fsp3) is 0.611. The average molecular weight is 696 g/mol. The third kappa shape index (κ3) is 6.89. The number of carbonyl (C=O) groups is 1. The highest BCUT2D eigenvalue weighted by atomic mass is 32.2. The number of carbonyl (C=O) groups excluding carboxylic acids is 1. The van der Waals surface area contributed by atoms with Crippen LogP contribution >= 0.6 is 11.3 Å². The van der Waals surface area contributed by atoms with Crippen LogP contribution < -0.4 is 5.32 Å². The lowest BCUT2D eigenvalue weighted by Crippen LogP contribution is -2.44. The molecule has 48 heavy (non-hydrogen) atoms. The molecular formula is C36H45N3O7S2. The van der Waals surface area contributed by atoms with Crippen molar-refractivity contribution in [1.82, 2.24) is 9.29 Å². The average Bonchev–Trinajstić information content (AvgIpc) is 3.96. The summed E-state index contributed by atoms with van der Waals surface area (Å²) in [6.07, 6.45) is 4.88. The molecule has 5 unspecified atom stereocenters. The summed E-state index contributed by atoms with van der Waals surface area (Å²) < 4.78 is 48.9. The van der Waals surface area contributed by atoms with Crippen molar-refractivity contribution in [2.45, 2.75) is 87.7 Å². The number of thiazole rings is 1. The van der Waals surface area contributed by atoms with Gasteiger partial charge in [0.1, 0.15) is 6.10 Å². The number of aliphatic hydroxyl groups excluding tert-OH is 1. The Balaban J connectivity index is 1.02. The van der Waals surface area contributed by atoms with Crippen LogP contribution in [0.3, 0.4) is 0 Å². The zero-order chi connectivity index (χ0) is 33.0. The molecule has 1 aromatic heterocycles. The number of anilines is 1. The molecule has 258 valence electrons. The molecule has 6 fully saturated rings. The van der Waals surface area contributed by atoms with Gasteiger partial charge >= 0.3 is 5.97 Å². The number of hydrogen-bond donors (Lipinski definition) is 2. The molecule has 3 saturated heterocycles. The third-order valence-corrected chi connectivity index (χ3v) is 13.9. The first-order valence-electron chi connectivity index (χ1n) is 17.5. The van der Waals surface area contributed by atoms with Crippen molar-refractivity contribution < 1.29 is 32.5 Å². The van der Waals surface area contributed by atoms with Crippen molar-refractivity contribution >= 4 is 42.7 Å². The minimum Gasteiger partial charge on any atom is -0.462 e. The van der Waals surface area contributed by atoms with Gasteiger partial charge in [-0.2, -0.15) is 4.31 Å². The van der Waals surface area contributed by atoms with Gasteiger partial charge in [-0.05, 0) is 74.1 Å². The minimum absolute atomic E-state index is 0.0173. The SMILES string of the molecule is CC1(CN(C[C@@H](O)[C@@H](CC(=O)OC2C3CCC4C(OC3)OCC42)Cc2ccccc2)S(=O)(=O)c2ccc3nc(NC4CC4)sc3c2)CC1. The Morgan fingerprint density at radius 3 is 2.67 bits per heavy atom. The van der Waals surface area contributed by atoms with Crippen LogP contribution in [0, 0.1) is 29.1 Å². The summed E-state index contributed by atoms with van der Waals surface area (Å²) in [5, 5.41) is 16.1. The number of esters is 1. The van der Waals surface area contributed by atoms with Crippen LogP contribution in [0.2, 0.25) is 0 Å². The zero-order valence-corrected chi connectivity index (χ0v) is 29.0. The molecule has 12 heteroatoms. The fourth-order valence-electron chi connectivity index (χ4n) is 7.77. The van der Waals surface area contributed by atoms with E-state index in [4.69, 9.17) is 14.2 Å². The van der Waals surface area contributed by atoms with Gasteiger partial charge in [-0.25, -0.2) is 13.4 Å². The molecule has 0 spiro atoms. The van der Waals surface area contributed by atoms with E-state index < -0.39 is 22.0 Å². The molecule has 10 nitrogen and oxygen atoms in total. The van der Waals surface area contributed by atoms with Crippen LogP contribution in [-0.2, 0) is 35.4 Å². The van der Waals surface area contributed by atoms with Crippen LogP contribution in [0.15, 0.2) is 53.4 Å². The highest BCUT2D eigenvalue weighted by Gasteiger charge is 2.53. The van der Waals surface area contributed by atoms with Gasteiger partial charge in [-0.15, -0.1) is 0 Å². The molecule has 4 bridgehead atoms. The van der Waals surface area contributed by atoms with Crippen molar-refractivity contribution in [2.75, 3.05) is 31.6 Å². The topological polar surface area (TPSA) is 127 Å². The van der Waals surface area contributed by atoms with E-state index in [1.54, 1.807) is 18.2 Å². The third-order valence-electron chi connectivity index (χ3n) is 11.1. The second-order valence-electron chi connectivity index (χ2n) is 15.1. The van der Waals surface area contributed by atoms with Gasteiger partial charge < -0.3 is 24.6 Å². The Bertz CT molecular complexity index is 1740. The highest BCUT2D eigenvalue weighted by molar-refractivity contribution is 7.89. The summed E-state index contributed by atoms with van der Waals surface area (Å²) in [6.45, 7) is 3.32. The van der Waals surface area contributed by atoms with E-state index in [9.17, 15) is 18.3 Å². The number of aromatic nitrogens is 1. The number of benzene rings is 2. The number of nitrogens with one attached hydrogen (secondary N) is 1. The number of aliphatic hydroxyl groups is 1. The Kier molecular flexibility index (Phi) is 8.78. The molecule has 0 amide bonds. The van der Waals surface area contributed by atoms with Gasteiger partial charge in [0.25, 0.3) is 0 Å². The number of hydrogen-bond acceptors (Lipinski definition) is 10. The Morgan fingerprint density at radius 2 is 1.90 bits per heavy atom. The smallest absolute Gasteiger partial charge is 0.306 e. The van der Waals surface area contributed by atoms with Crippen molar-refractivity contribution in [3.8, 4) is 0 Å². The van der Waals surface area contributed by atoms with Crippen LogP contribution in [0.5, 0.6) is 0 Å². The Labute approximate surface area is 286 Å². The zero-order valence-electron chi connectivity index (χ0n) is 27.3. The quantitative estimate of drug-likeness (QED) is 0.219. The molecule has 9 rings (SSSR count). The number of nitrogens with zero attached hydrogens (tertiary/aromatic N) is 2. The van der Waals surface area contributed by atoms with Crippen molar-refractivity contribution in [1.29, 1.82) is 0 Å². The summed E-state index contributed by atoms with van der Waals surface area (Å²) in [4.78, 5) is 18.5. The van der Waals surface area contributed by atoms with Crippen molar-refractivity contribution in [3.63, 3.8) is 0 Å². The number of sulfonamides is 1. The van der Waals surface area contributed by atoms with E-state index >= 15 is 0 Å². The fourth-order valence-corrected chi connectivity index (χ4v) is 10.5. The summed E-state index contributed by atoms with van der Waals surface area (Å²) in [7, 11) is -3.97. The van der Waals surface area contributed by atoms with Gasteiger partial charge in [0, 0.05) is 42.8 Å². The largest absolute Gasteiger partial charge is 0.462 e. The normalized spacial score (nSPS) is 28.7. The van der Waals surface area contributed by atoms with Crippen LogP contribution in [-0.4, -0.2) is 79.6 Å². The lowest BCUT2D eigenvalue weighted by atomic mass is 9.74. The molecule has 2 N–H and O–H groups in total. The van der Waals surface area contributed by atoms with Gasteiger partial charge in [0.2, 0.25) is 10.0 Å². The second kappa shape index (κ2) is 12.9. The molecule has 3 saturated carbocycles. The maximum Gasteiger partial charge on any atom is 0.306 e. The van der Waals surface area contributed by atoms with Crippen LogP contribution in [0.25, 0.3) is 10.2 Å². The molecular weight excluding hydrogens is 651 g/mol. The molecule has 3 aliphatic heterocycles. The lowest BCUT2D eigenvalue weighted by molar-refractivity contribution is -0.165. The second-order valence-corrected chi connectivity index (χ2v) is 18.0. The summed E-state index contributed by atoms with van der Waals surface area (Å²) in [5.74, 6) is -0.422. The molecule has 0 radical (unpaired) electrons. The molecule has 2 aromatic carbocycles. The molecule has 4 heterocycles. The maximum absolute atomic E-state index is 14.3. The summed E-state index contributed by atoms with van der Waals surface area (Å²) >= 11 is 1.46. The highest BCUT2D eigenvalue weighted by Crippen LogP contribution is 2.48. The van der Waals surface area contributed by atoms with Gasteiger partial charge in [-0.3, -0.25) is 4.79 Å². The summed E-state index contributed by atoms with van der Waals surface area (Å²) in [6, 6.07) is 15.3. The Morgan fingerprint density at radius 1 is 1.10 bits per heavy atom. The van der Waals surface area contributed by atoms with E-state index in [1.807, 2.05) is 30.3 Å². The van der Waals surface area contributed by atoms with Crippen molar-refractivity contribution in [2.24, 2.45) is 29.1 Å². The predicted octanol–water partition coefficient (Wildman–Crippen LogP) is 5.21. The standard InChI is InChI=1S/C36H45N3O7S2/c1-36(13-14-36)21-39(48(42,43)26-10-12-29-31(17-26)47-35(38-29)37-25-8-9-25)18-30(40)24(15-22-5-3-2-4-6-22)16-32(41)46-33-23-7-11-27-28(33)20-45-34(27)44-19-23/h2-6,10,12,17,23-25,27-28,30,33-34,40H,7-9,11,13-16,18-21H2,1H3,(H,37,38)/t23?,24-,27?,28?,30-,33?,34?/m1/s1. The lowest BCUT2D eigenvalue weighted by Gasteiger charge is -2.36. The van der Waals surface area contributed by atoms with E-state index in [2.05, 4.69) is 17.2 Å². The van der Waals surface area contributed by atoms with Gasteiger partial charge in [0.15, 0.2) is 11.4 Å². The van der Waals surface area contributed by atoms with E-state index in [1.165, 1.54) is 15.6 Å². The van der Waals surface area contributed by atoms with Gasteiger partial charge in [0.05, 0.1) is 40.9 Å². The first-order valence-corrected chi connectivity index (χ1v) is 19.7. The monoisotopic (exact) mass is 695 g/mol. The number of rotatable bonds is 14. The first-order chi connectivity index (χ1) is 23.1. The summed E-state index contributed by atoms with van der Waals surface area (Å²) in [5.41, 5.74) is 1.59. The van der Waals surface area contributed by atoms with E-state index in [0.29, 0.717) is 32.2 Å². The molecule has 3 aliphatic carbocycles. The first kappa shape index (κ1) is 32.6. The Hall–Kier alpha value is -2.61. The van der Waals surface area contributed by atoms with Crippen LogP contribution in [0.4, 0.5) is 5.13 Å². The molecule has 6 aliphatic rings. The number of ether oxygens (including phenoxy) is 3. The van der Waals surface area contributed by atoms with E-state index in [-0.39, 0.29) is 59.4 Å². The minimum atomic E-state index is -3.97. The maximum atomic E-state index is 14.3. The predicted molar refractivity (Wildman–Crippen MR) is 182 cm³/mol. The molecule has 7 atom stereocenters. The van der Waals surface area contributed by atoms with E-state index in [0.717, 1.165) is 59.4 Å².